The predicted molar refractivity (Wildman–Crippen MR) is 76.5 cm³/mol. The zero-order chi connectivity index (χ0) is 13.7. The molecule has 1 aliphatic heterocycles. The van der Waals surface area contributed by atoms with E-state index in [2.05, 4.69) is 24.1 Å². The molecule has 1 fully saturated rings. The summed E-state index contributed by atoms with van der Waals surface area (Å²) in [5, 5.41) is 3.30. The molecule has 0 bridgehead atoms. The number of ether oxygens (including phenoxy) is 2. The summed E-state index contributed by atoms with van der Waals surface area (Å²) in [6.45, 7) is 6.40. The number of aromatic nitrogens is 1. The maximum atomic E-state index is 5.83. The molecule has 106 valence electrons. The molecule has 0 aromatic carbocycles. The van der Waals surface area contributed by atoms with Gasteiger partial charge in [-0.1, -0.05) is 6.92 Å². The molecule has 5 heteroatoms. The Hall–Kier alpha value is -1.49. The fourth-order valence-corrected chi connectivity index (χ4v) is 2.12. The SMILES string of the molecule is CCCOc1nc(NCC2(C)CCCO2)ccc1N. The van der Waals surface area contributed by atoms with E-state index in [-0.39, 0.29) is 5.60 Å². The second-order valence-corrected chi connectivity index (χ2v) is 5.19. The smallest absolute Gasteiger partial charge is 0.239 e. The second-order valence-electron chi connectivity index (χ2n) is 5.19. The van der Waals surface area contributed by atoms with Gasteiger partial charge in [-0.2, -0.15) is 4.98 Å². The normalized spacial score (nSPS) is 22.4. The third-order valence-electron chi connectivity index (χ3n) is 3.28. The minimum Gasteiger partial charge on any atom is -0.476 e. The van der Waals surface area contributed by atoms with E-state index in [0.29, 0.717) is 18.2 Å². The molecule has 0 radical (unpaired) electrons. The Balaban J connectivity index is 1.96. The molecule has 0 amide bonds. The molecule has 19 heavy (non-hydrogen) atoms. The van der Waals surface area contributed by atoms with Crippen molar-refractivity contribution in [3.8, 4) is 5.88 Å². The van der Waals surface area contributed by atoms with Gasteiger partial charge in [-0.25, -0.2) is 0 Å². The molecule has 1 unspecified atom stereocenters. The number of hydrogen-bond donors (Lipinski definition) is 2. The second kappa shape index (κ2) is 6.10. The minimum absolute atomic E-state index is 0.0898. The molecule has 3 N–H and O–H groups in total. The van der Waals surface area contributed by atoms with Crippen LogP contribution in [0.1, 0.15) is 33.1 Å². The Morgan fingerprint density at radius 3 is 3.05 bits per heavy atom. The number of nitrogens with one attached hydrogen (secondary N) is 1. The predicted octanol–water partition coefficient (Wildman–Crippen LogP) is 2.43. The number of hydrogen-bond acceptors (Lipinski definition) is 5. The summed E-state index contributed by atoms with van der Waals surface area (Å²) in [6.07, 6.45) is 3.14. The van der Waals surface area contributed by atoms with E-state index < -0.39 is 0 Å². The molecule has 0 spiro atoms. The lowest BCUT2D eigenvalue weighted by atomic mass is 10.0. The van der Waals surface area contributed by atoms with E-state index in [9.17, 15) is 0 Å². The van der Waals surface area contributed by atoms with Gasteiger partial charge < -0.3 is 20.5 Å². The van der Waals surface area contributed by atoms with Crippen molar-refractivity contribution in [3.63, 3.8) is 0 Å². The van der Waals surface area contributed by atoms with Gasteiger partial charge in [0.05, 0.1) is 17.9 Å². The molecule has 1 saturated heterocycles. The van der Waals surface area contributed by atoms with Crippen LogP contribution < -0.4 is 15.8 Å². The van der Waals surface area contributed by atoms with Gasteiger partial charge >= 0.3 is 0 Å². The van der Waals surface area contributed by atoms with Crippen LogP contribution in [-0.2, 0) is 4.74 Å². The number of anilines is 2. The molecule has 0 aliphatic carbocycles. The number of pyridine rings is 1. The van der Waals surface area contributed by atoms with Gasteiger partial charge in [-0.15, -0.1) is 0 Å². The highest BCUT2D eigenvalue weighted by atomic mass is 16.5. The molecular weight excluding hydrogens is 242 g/mol. The standard InChI is InChI=1S/C14H23N3O2/c1-3-8-18-13-11(15)5-6-12(17-13)16-10-14(2)7-4-9-19-14/h5-6H,3-4,7-10,15H2,1-2H3,(H,16,17). The van der Waals surface area contributed by atoms with Crippen LogP contribution in [-0.4, -0.2) is 30.3 Å². The van der Waals surface area contributed by atoms with Crippen LogP contribution in [0.25, 0.3) is 0 Å². The van der Waals surface area contributed by atoms with Crippen LogP contribution in [0.3, 0.4) is 0 Å². The molecule has 1 aromatic rings. The highest BCUT2D eigenvalue weighted by Gasteiger charge is 2.29. The Morgan fingerprint density at radius 1 is 1.53 bits per heavy atom. The molecule has 1 aliphatic rings. The van der Waals surface area contributed by atoms with E-state index in [1.165, 1.54) is 0 Å². The average Bonchev–Trinajstić information content (AvgIpc) is 2.84. The Kier molecular flexibility index (Phi) is 4.47. The van der Waals surface area contributed by atoms with Crippen molar-refractivity contribution in [2.45, 2.75) is 38.7 Å². The van der Waals surface area contributed by atoms with Gasteiger partial charge in [0.2, 0.25) is 5.88 Å². The number of nitrogens with zero attached hydrogens (tertiary/aromatic N) is 1. The Morgan fingerprint density at radius 2 is 2.37 bits per heavy atom. The van der Waals surface area contributed by atoms with Crippen molar-refractivity contribution in [3.05, 3.63) is 12.1 Å². The van der Waals surface area contributed by atoms with Gasteiger partial charge in [0.25, 0.3) is 0 Å². The van der Waals surface area contributed by atoms with Crippen molar-refractivity contribution in [2.24, 2.45) is 0 Å². The van der Waals surface area contributed by atoms with E-state index in [1.807, 2.05) is 12.1 Å². The summed E-state index contributed by atoms with van der Waals surface area (Å²) >= 11 is 0. The van der Waals surface area contributed by atoms with Crippen molar-refractivity contribution in [1.82, 2.24) is 4.98 Å². The zero-order valence-corrected chi connectivity index (χ0v) is 11.7. The van der Waals surface area contributed by atoms with Crippen LogP contribution in [0.4, 0.5) is 11.5 Å². The first-order valence-electron chi connectivity index (χ1n) is 6.90. The monoisotopic (exact) mass is 265 g/mol. The number of nitrogen functional groups attached to an aromatic ring is 1. The van der Waals surface area contributed by atoms with E-state index in [4.69, 9.17) is 15.2 Å². The van der Waals surface area contributed by atoms with Gasteiger partial charge in [-0.05, 0) is 38.3 Å². The third-order valence-corrected chi connectivity index (χ3v) is 3.28. The lowest BCUT2D eigenvalue weighted by Crippen LogP contribution is -2.32. The fraction of sp³-hybridized carbons (Fsp3) is 0.643. The van der Waals surface area contributed by atoms with Crippen molar-refractivity contribution >= 4 is 11.5 Å². The highest BCUT2D eigenvalue weighted by molar-refractivity contribution is 5.53. The lowest BCUT2D eigenvalue weighted by molar-refractivity contribution is 0.0314. The third kappa shape index (κ3) is 3.73. The highest BCUT2D eigenvalue weighted by Crippen LogP contribution is 2.26. The Labute approximate surface area is 114 Å². The summed E-state index contributed by atoms with van der Waals surface area (Å²) in [4.78, 5) is 4.39. The van der Waals surface area contributed by atoms with Crippen LogP contribution in [0.5, 0.6) is 5.88 Å². The van der Waals surface area contributed by atoms with Crippen LogP contribution in [0.2, 0.25) is 0 Å². The summed E-state index contributed by atoms with van der Waals surface area (Å²) in [7, 11) is 0. The van der Waals surface area contributed by atoms with Gasteiger partial charge in [0.1, 0.15) is 5.82 Å². The first-order valence-corrected chi connectivity index (χ1v) is 6.90. The molecular formula is C14H23N3O2. The first-order chi connectivity index (χ1) is 9.13. The molecule has 1 atom stereocenters. The Bertz CT molecular complexity index is 417. The molecule has 1 aromatic heterocycles. The first kappa shape index (κ1) is 13.9. The van der Waals surface area contributed by atoms with Crippen molar-refractivity contribution < 1.29 is 9.47 Å². The van der Waals surface area contributed by atoms with Crippen LogP contribution >= 0.6 is 0 Å². The maximum absolute atomic E-state index is 5.83. The zero-order valence-electron chi connectivity index (χ0n) is 11.7. The summed E-state index contributed by atoms with van der Waals surface area (Å²) in [5.74, 6) is 1.28. The van der Waals surface area contributed by atoms with Crippen molar-refractivity contribution in [1.29, 1.82) is 0 Å². The van der Waals surface area contributed by atoms with Gasteiger partial charge in [-0.3, -0.25) is 0 Å². The molecule has 2 rings (SSSR count). The topological polar surface area (TPSA) is 69.4 Å². The summed E-state index contributed by atoms with van der Waals surface area (Å²) < 4.78 is 11.3. The lowest BCUT2D eigenvalue weighted by Gasteiger charge is -2.23. The number of nitrogens with two attached hydrogens (primary N) is 1. The quantitative estimate of drug-likeness (QED) is 0.826. The minimum atomic E-state index is -0.0898. The molecule has 2 heterocycles. The largest absolute Gasteiger partial charge is 0.476 e. The van der Waals surface area contributed by atoms with Crippen LogP contribution in [0.15, 0.2) is 12.1 Å². The van der Waals surface area contributed by atoms with Gasteiger partial charge in [0.15, 0.2) is 0 Å². The summed E-state index contributed by atoms with van der Waals surface area (Å²) in [6, 6.07) is 3.69. The number of rotatable bonds is 6. The molecule has 5 nitrogen and oxygen atoms in total. The van der Waals surface area contributed by atoms with E-state index in [1.54, 1.807) is 0 Å². The van der Waals surface area contributed by atoms with E-state index >= 15 is 0 Å². The van der Waals surface area contributed by atoms with Crippen molar-refractivity contribution in [2.75, 3.05) is 30.8 Å². The maximum Gasteiger partial charge on any atom is 0.239 e. The van der Waals surface area contributed by atoms with E-state index in [0.717, 1.165) is 38.2 Å². The van der Waals surface area contributed by atoms with Gasteiger partial charge in [0, 0.05) is 13.2 Å². The average molecular weight is 265 g/mol. The van der Waals surface area contributed by atoms with Crippen LogP contribution in [0, 0.1) is 0 Å². The molecule has 0 saturated carbocycles. The fourth-order valence-electron chi connectivity index (χ4n) is 2.12. The summed E-state index contributed by atoms with van der Waals surface area (Å²) in [5.41, 5.74) is 6.32.